The van der Waals surface area contributed by atoms with Crippen LogP contribution in [0.15, 0.2) is 46.2 Å². The Bertz CT molecular complexity index is 1280. The summed E-state index contributed by atoms with van der Waals surface area (Å²) in [7, 11) is 1.33. The minimum absolute atomic E-state index is 0.0214. The van der Waals surface area contributed by atoms with Gasteiger partial charge in [0.2, 0.25) is 0 Å². The molecule has 0 saturated heterocycles. The van der Waals surface area contributed by atoms with Crippen LogP contribution in [0.4, 0.5) is 13.2 Å². The maximum absolute atomic E-state index is 15.2. The zero-order valence-electron chi connectivity index (χ0n) is 18.7. The van der Waals surface area contributed by atoms with Gasteiger partial charge in [-0.1, -0.05) is 30.0 Å². The van der Waals surface area contributed by atoms with Crippen molar-refractivity contribution in [3.63, 3.8) is 0 Å². The molecule has 1 aromatic heterocycles. The molecule has 33 heavy (non-hydrogen) atoms. The van der Waals surface area contributed by atoms with Crippen molar-refractivity contribution in [2.24, 2.45) is 0 Å². The van der Waals surface area contributed by atoms with Crippen molar-refractivity contribution < 1.29 is 23.0 Å². The highest BCUT2D eigenvalue weighted by molar-refractivity contribution is 8.00. The molecule has 3 aromatic rings. The van der Waals surface area contributed by atoms with Crippen LogP contribution in [0, 0.1) is 24.4 Å². The molecule has 1 atom stereocenters. The largest absolute Gasteiger partial charge is 0.494 e. The lowest BCUT2D eigenvalue weighted by Gasteiger charge is -2.25. The minimum Gasteiger partial charge on any atom is -0.494 e. The normalized spacial score (nSPS) is 16.7. The first kappa shape index (κ1) is 23.4. The van der Waals surface area contributed by atoms with Gasteiger partial charge in [0.25, 0.3) is 5.56 Å². The van der Waals surface area contributed by atoms with Gasteiger partial charge in [0.1, 0.15) is 11.6 Å². The van der Waals surface area contributed by atoms with Crippen LogP contribution in [0.25, 0.3) is 11.1 Å². The Morgan fingerprint density at radius 3 is 2.33 bits per heavy atom. The third kappa shape index (κ3) is 3.75. The fourth-order valence-electron chi connectivity index (χ4n) is 4.42. The van der Waals surface area contributed by atoms with Gasteiger partial charge in [-0.2, -0.15) is 0 Å². The van der Waals surface area contributed by atoms with Crippen LogP contribution >= 0.6 is 11.8 Å². The summed E-state index contributed by atoms with van der Waals surface area (Å²) in [5, 5.41) is 10.6. The Labute approximate surface area is 194 Å². The molecule has 1 aliphatic rings. The van der Waals surface area contributed by atoms with Gasteiger partial charge >= 0.3 is 0 Å². The SMILES string of the molecule is COc1cccc(-c2c(C)c(Cc3c(F)cccc3F)c3n(c2=O)C(CO)C(C)(C)S3)c1F. The monoisotopic (exact) mass is 475 g/mol. The zero-order chi connectivity index (χ0) is 24.1. The third-order valence-corrected chi connectivity index (χ3v) is 7.69. The van der Waals surface area contributed by atoms with Gasteiger partial charge in [-0.05, 0) is 50.1 Å². The average molecular weight is 476 g/mol. The Kier molecular flexibility index (Phi) is 6.09. The molecule has 0 amide bonds. The lowest BCUT2D eigenvalue weighted by atomic mass is 9.93. The Balaban J connectivity index is 2.07. The molecule has 1 unspecified atom stereocenters. The van der Waals surface area contributed by atoms with Crippen molar-refractivity contribution in [1.29, 1.82) is 0 Å². The van der Waals surface area contributed by atoms with Gasteiger partial charge in [-0.15, -0.1) is 0 Å². The second-order valence-electron chi connectivity index (χ2n) is 8.56. The average Bonchev–Trinajstić information content (AvgIpc) is 3.04. The lowest BCUT2D eigenvalue weighted by molar-refractivity contribution is 0.203. The number of aliphatic hydroxyl groups is 1. The molecular formula is C25H24F3NO3S. The third-order valence-electron chi connectivity index (χ3n) is 6.25. The molecule has 0 radical (unpaired) electrons. The number of hydrogen-bond donors (Lipinski definition) is 1. The second-order valence-corrected chi connectivity index (χ2v) is 10.2. The summed E-state index contributed by atoms with van der Waals surface area (Å²) in [6.45, 7) is 5.12. The highest BCUT2D eigenvalue weighted by Gasteiger charge is 2.43. The van der Waals surface area contributed by atoms with E-state index in [0.717, 1.165) is 0 Å². The van der Waals surface area contributed by atoms with Gasteiger partial charge in [0, 0.05) is 22.3 Å². The number of fused-ring (bicyclic) bond motifs is 1. The molecule has 8 heteroatoms. The van der Waals surface area contributed by atoms with Gasteiger partial charge in [0.05, 0.1) is 30.3 Å². The molecule has 1 aliphatic heterocycles. The predicted octanol–water partition coefficient (Wildman–Crippen LogP) is 5.26. The van der Waals surface area contributed by atoms with Gasteiger partial charge in [-0.25, -0.2) is 13.2 Å². The number of aromatic nitrogens is 1. The summed E-state index contributed by atoms with van der Waals surface area (Å²) in [6.07, 6.45) is -0.125. The molecule has 0 aliphatic carbocycles. The summed E-state index contributed by atoms with van der Waals surface area (Å²) in [6, 6.07) is 7.55. The Hall–Kier alpha value is -2.71. The van der Waals surface area contributed by atoms with E-state index in [9.17, 15) is 18.7 Å². The number of halogens is 3. The number of aliphatic hydroxyl groups excluding tert-OH is 1. The van der Waals surface area contributed by atoms with E-state index >= 15 is 4.39 Å². The van der Waals surface area contributed by atoms with Crippen molar-refractivity contribution in [3.8, 4) is 16.9 Å². The molecule has 0 bridgehead atoms. The van der Waals surface area contributed by atoms with Crippen LogP contribution in [-0.4, -0.2) is 28.1 Å². The van der Waals surface area contributed by atoms with Crippen LogP contribution in [0.3, 0.4) is 0 Å². The van der Waals surface area contributed by atoms with Crippen molar-refractivity contribution in [3.05, 3.63) is 80.9 Å². The van der Waals surface area contributed by atoms with Crippen LogP contribution in [0.2, 0.25) is 0 Å². The quantitative estimate of drug-likeness (QED) is 0.547. The van der Waals surface area contributed by atoms with E-state index in [1.165, 1.54) is 53.8 Å². The smallest absolute Gasteiger partial charge is 0.260 e. The molecule has 0 saturated carbocycles. The first-order valence-corrected chi connectivity index (χ1v) is 11.3. The Morgan fingerprint density at radius 2 is 1.73 bits per heavy atom. The van der Waals surface area contributed by atoms with E-state index in [1.807, 2.05) is 13.8 Å². The van der Waals surface area contributed by atoms with E-state index in [1.54, 1.807) is 13.0 Å². The van der Waals surface area contributed by atoms with Gasteiger partial charge in [-0.3, -0.25) is 9.36 Å². The number of nitrogens with zero attached hydrogens (tertiary/aromatic N) is 1. The lowest BCUT2D eigenvalue weighted by Crippen LogP contribution is -2.35. The van der Waals surface area contributed by atoms with E-state index in [2.05, 4.69) is 0 Å². The van der Waals surface area contributed by atoms with Gasteiger partial charge < -0.3 is 9.84 Å². The summed E-state index contributed by atoms with van der Waals surface area (Å²) >= 11 is 1.37. The number of methoxy groups -OCH3 is 1. The highest BCUT2D eigenvalue weighted by Crippen LogP contribution is 2.50. The molecule has 174 valence electrons. The Morgan fingerprint density at radius 1 is 1.09 bits per heavy atom. The van der Waals surface area contributed by atoms with Gasteiger partial charge in [0.15, 0.2) is 11.6 Å². The van der Waals surface area contributed by atoms with E-state index in [-0.39, 0.29) is 35.5 Å². The molecule has 2 aromatic carbocycles. The number of hydrogen-bond acceptors (Lipinski definition) is 4. The molecule has 4 nitrogen and oxygen atoms in total. The van der Waals surface area contributed by atoms with E-state index in [0.29, 0.717) is 16.2 Å². The number of pyridine rings is 1. The topological polar surface area (TPSA) is 51.5 Å². The summed E-state index contributed by atoms with van der Waals surface area (Å²) in [5.41, 5.74) is 0.467. The second kappa shape index (κ2) is 8.57. The predicted molar refractivity (Wildman–Crippen MR) is 123 cm³/mol. The molecule has 0 fully saturated rings. The number of benzene rings is 2. The highest BCUT2D eigenvalue weighted by atomic mass is 32.2. The molecule has 0 spiro atoms. The van der Waals surface area contributed by atoms with Crippen molar-refractivity contribution in [1.82, 2.24) is 4.57 Å². The van der Waals surface area contributed by atoms with Crippen LogP contribution < -0.4 is 10.3 Å². The summed E-state index contributed by atoms with van der Waals surface area (Å²) in [4.78, 5) is 13.7. The standard InChI is InChI=1S/C25H24F3NO3S/c1-13-15(11-16-17(26)8-6-9-18(16)27)24-29(20(12-30)25(2,3)33-24)23(31)21(13)14-7-5-10-19(32-4)22(14)28/h5-10,20,30H,11-12H2,1-4H3. The number of rotatable bonds is 5. The van der Waals surface area contributed by atoms with Crippen molar-refractivity contribution in [2.75, 3.05) is 13.7 Å². The zero-order valence-corrected chi connectivity index (χ0v) is 19.5. The maximum Gasteiger partial charge on any atom is 0.260 e. The van der Waals surface area contributed by atoms with E-state index in [4.69, 9.17) is 4.74 Å². The fourth-order valence-corrected chi connectivity index (χ4v) is 5.89. The number of thioether (sulfide) groups is 1. The maximum atomic E-state index is 15.2. The first-order valence-electron chi connectivity index (χ1n) is 10.5. The van der Waals surface area contributed by atoms with Crippen LogP contribution in [-0.2, 0) is 6.42 Å². The first-order chi connectivity index (χ1) is 15.6. The van der Waals surface area contributed by atoms with Crippen LogP contribution in [0.5, 0.6) is 5.75 Å². The number of ether oxygens (including phenoxy) is 1. The molecule has 1 N–H and O–H groups in total. The molecule has 4 rings (SSSR count). The fraction of sp³-hybridized carbons (Fsp3) is 0.320. The molecule has 2 heterocycles. The van der Waals surface area contributed by atoms with E-state index < -0.39 is 33.8 Å². The summed E-state index contributed by atoms with van der Waals surface area (Å²) < 4.78 is 50.3. The molecular weight excluding hydrogens is 451 g/mol. The minimum atomic E-state index is -0.700. The van der Waals surface area contributed by atoms with Crippen LogP contribution in [0.1, 0.15) is 36.6 Å². The van der Waals surface area contributed by atoms with Crippen molar-refractivity contribution >= 4 is 11.8 Å². The van der Waals surface area contributed by atoms with Crippen molar-refractivity contribution in [2.45, 2.75) is 43.0 Å². The summed E-state index contributed by atoms with van der Waals surface area (Å²) in [5.74, 6) is -2.12.